The molecule has 0 saturated carbocycles. The second kappa shape index (κ2) is 8.54. The summed E-state index contributed by atoms with van der Waals surface area (Å²) in [5.41, 5.74) is 2.33. The molecule has 6 heteroatoms. The van der Waals surface area contributed by atoms with E-state index < -0.39 is 10.9 Å². The van der Waals surface area contributed by atoms with Gasteiger partial charge in [-0.3, -0.25) is 19.7 Å². The van der Waals surface area contributed by atoms with Gasteiger partial charge in [-0.25, -0.2) is 0 Å². The molecular formula is C19H17NO5. The SMILES string of the molecule is CC(=O)CC(=O)OC/C(=C\c1ccc([N+](=O)[O-])cc1)c1ccccc1. The first-order chi connectivity index (χ1) is 12.0. The van der Waals surface area contributed by atoms with Crippen LogP contribution in [0.25, 0.3) is 11.6 Å². The number of hydrogen-bond acceptors (Lipinski definition) is 5. The lowest BCUT2D eigenvalue weighted by Crippen LogP contribution is -2.10. The van der Waals surface area contributed by atoms with Gasteiger partial charge < -0.3 is 4.74 Å². The zero-order chi connectivity index (χ0) is 18.2. The fourth-order valence-electron chi connectivity index (χ4n) is 2.17. The van der Waals surface area contributed by atoms with Gasteiger partial charge in [0.15, 0.2) is 0 Å². The summed E-state index contributed by atoms with van der Waals surface area (Å²) in [6, 6.07) is 15.4. The Morgan fingerprint density at radius 1 is 1.08 bits per heavy atom. The van der Waals surface area contributed by atoms with Gasteiger partial charge in [-0.05, 0) is 41.8 Å². The minimum Gasteiger partial charge on any atom is -0.460 e. The second-order valence-electron chi connectivity index (χ2n) is 5.42. The summed E-state index contributed by atoms with van der Waals surface area (Å²) >= 11 is 0. The van der Waals surface area contributed by atoms with Gasteiger partial charge in [0.1, 0.15) is 18.8 Å². The standard InChI is InChI=1S/C19H17NO5/c1-14(21)11-19(22)25-13-17(16-5-3-2-4-6-16)12-15-7-9-18(10-8-15)20(23)24/h2-10,12H,11,13H2,1H3/b17-12+. The van der Waals surface area contributed by atoms with Crippen molar-refractivity contribution in [1.29, 1.82) is 0 Å². The van der Waals surface area contributed by atoms with Gasteiger partial charge in [0.25, 0.3) is 5.69 Å². The molecule has 0 heterocycles. The molecule has 2 aromatic carbocycles. The van der Waals surface area contributed by atoms with Gasteiger partial charge in [-0.2, -0.15) is 0 Å². The summed E-state index contributed by atoms with van der Waals surface area (Å²) < 4.78 is 5.17. The number of ketones is 1. The Bertz CT molecular complexity index is 794. The minimum atomic E-state index is -0.585. The Hall–Kier alpha value is -3.28. The number of esters is 1. The lowest BCUT2D eigenvalue weighted by molar-refractivity contribution is -0.384. The molecule has 0 N–H and O–H groups in total. The van der Waals surface area contributed by atoms with Gasteiger partial charge in [-0.1, -0.05) is 30.3 Å². The number of carbonyl (C=O) groups is 2. The molecule has 0 aromatic heterocycles. The summed E-state index contributed by atoms with van der Waals surface area (Å²) in [6.07, 6.45) is 1.53. The molecule has 0 atom stereocenters. The van der Waals surface area contributed by atoms with Crippen molar-refractivity contribution in [3.63, 3.8) is 0 Å². The van der Waals surface area contributed by atoms with Crippen molar-refractivity contribution in [2.45, 2.75) is 13.3 Å². The molecule has 0 unspecified atom stereocenters. The third kappa shape index (κ3) is 5.69. The maximum Gasteiger partial charge on any atom is 0.313 e. The molecule has 0 aliphatic rings. The van der Waals surface area contributed by atoms with Gasteiger partial charge in [-0.15, -0.1) is 0 Å². The molecule has 0 fully saturated rings. The minimum absolute atomic E-state index is 0.00583. The highest BCUT2D eigenvalue weighted by Crippen LogP contribution is 2.20. The van der Waals surface area contributed by atoms with E-state index >= 15 is 0 Å². The first-order valence-electron chi connectivity index (χ1n) is 7.61. The normalized spacial score (nSPS) is 11.0. The van der Waals surface area contributed by atoms with Crippen LogP contribution >= 0.6 is 0 Å². The van der Waals surface area contributed by atoms with E-state index in [9.17, 15) is 19.7 Å². The molecule has 0 amide bonds. The van der Waals surface area contributed by atoms with E-state index in [1.54, 1.807) is 18.2 Å². The van der Waals surface area contributed by atoms with Crippen LogP contribution < -0.4 is 0 Å². The van der Waals surface area contributed by atoms with E-state index in [1.807, 2.05) is 30.3 Å². The first-order valence-corrected chi connectivity index (χ1v) is 7.61. The van der Waals surface area contributed by atoms with Crippen LogP contribution in [0.4, 0.5) is 5.69 Å². The van der Waals surface area contributed by atoms with Crippen LogP contribution in [-0.2, 0) is 14.3 Å². The van der Waals surface area contributed by atoms with Gasteiger partial charge in [0.2, 0.25) is 0 Å². The average Bonchev–Trinajstić information content (AvgIpc) is 2.59. The van der Waals surface area contributed by atoms with Crippen LogP contribution in [0.3, 0.4) is 0 Å². The maximum atomic E-state index is 11.6. The lowest BCUT2D eigenvalue weighted by Gasteiger charge is -2.09. The topological polar surface area (TPSA) is 86.5 Å². The number of rotatable bonds is 7. The van der Waals surface area contributed by atoms with E-state index in [0.717, 1.165) is 16.7 Å². The average molecular weight is 339 g/mol. The number of hydrogen-bond donors (Lipinski definition) is 0. The summed E-state index contributed by atoms with van der Waals surface area (Å²) in [4.78, 5) is 32.9. The summed E-state index contributed by atoms with van der Waals surface area (Å²) in [5.74, 6) is -0.844. The van der Waals surface area contributed by atoms with Crippen LogP contribution in [0.1, 0.15) is 24.5 Å². The zero-order valence-electron chi connectivity index (χ0n) is 13.7. The third-order valence-electron chi connectivity index (χ3n) is 3.37. The Kier molecular flexibility index (Phi) is 6.17. The van der Waals surface area contributed by atoms with Crippen molar-refractivity contribution in [2.75, 3.05) is 6.61 Å². The van der Waals surface area contributed by atoms with Gasteiger partial charge in [0.05, 0.1) is 4.92 Å². The largest absolute Gasteiger partial charge is 0.460 e. The molecule has 6 nitrogen and oxygen atoms in total. The molecule has 25 heavy (non-hydrogen) atoms. The Labute approximate surface area is 144 Å². The predicted octanol–water partition coefficient (Wildman–Crippen LogP) is 3.66. The van der Waals surface area contributed by atoms with E-state index in [1.165, 1.54) is 19.1 Å². The van der Waals surface area contributed by atoms with Crippen LogP contribution in [0, 0.1) is 10.1 Å². The highest BCUT2D eigenvalue weighted by atomic mass is 16.6. The molecule has 0 saturated heterocycles. The lowest BCUT2D eigenvalue weighted by atomic mass is 10.0. The van der Waals surface area contributed by atoms with Gasteiger partial charge >= 0.3 is 5.97 Å². The molecule has 2 aromatic rings. The molecule has 0 bridgehead atoms. The smallest absolute Gasteiger partial charge is 0.313 e. The fraction of sp³-hybridized carbons (Fsp3) is 0.158. The Morgan fingerprint density at radius 2 is 1.72 bits per heavy atom. The molecule has 0 aliphatic heterocycles. The van der Waals surface area contributed by atoms with Crippen molar-refractivity contribution in [2.24, 2.45) is 0 Å². The van der Waals surface area contributed by atoms with E-state index in [4.69, 9.17) is 4.74 Å². The Morgan fingerprint density at radius 3 is 2.28 bits per heavy atom. The molecule has 0 aliphatic carbocycles. The highest BCUT2D eigenvalue weighted by molar-refractivity contribution is 5.94. The van der Waals surface area contributed by atoms with Crippen molar-refractivity contribution in [3.05, 3.63) is 75.8 Å². The van der Waals surface area contributed by atoms with Crippen LogP contribution in [0.15, 0.2) is 54.6 Å². The molecule has 0 spiro atoms. The molecule has 128 valence electrons. The predicted molar refractivity (Wildman–Crippen MR) is 93.7 cm³/mol. The monoisotopic (exact) mass is 339 g/mol. The number of nitro benzene ring substituents is 1. The summed E-state index contributed by atoms with van der Waals surface area (Å²) in [7, 11) is 0. The van der Waals surface area contributed by atoms with E-state index in [-0.39, 0.29) is 24.5 Å². The van der Waals surface area contributed by atoms with Crippen LogP contribution in [0.5, 0.6) is 0 Å². The number of nitrogens with zero attached hydrogens (tertiary/aromatic N) is 1. The first kappa shape index (κ1) is 18.1. The Balaban J connectivity index is 2.23. The number of Topliss-reactive ketones (excluding diaryl/α,β-unsaturated/α-hetero) is 1. The number of non-ortho nitro benzene ring substituents is 1. The van der Waals surface area contributed by atoms with E-state index in [0.29, 0.717) is 0 Å². The second-order valence-corrected chi connectivity index (χ2v) is 5.42. The maximum absolute atomic E-state index is 11.6. The van der Waals surface area contributed by atoms with Crippen molar-refractivity contribution >= 4 is 29.1 Å². The third-order valence-corrected chi connectivity index (χ3v) is 3.37. The van der Waals surface area contributed by atoms with Crippen molar-refractivity contribution in [3.8, 4) is 0 Å². The van der Waals surface area contributed by atoms with Crippen LogP contribution in [0.2, 0.25) is 0 Å². The molecule has 2 rings (SSSR count). The number of nitro groups is 1. The van der Waals surface area contributed by atoms with Gasteiger partial charge in [0, 0.05) is 12.1 Å². The summed E-state index contributed by atoms with van der Waals surface area (Å²) in [5, 5.41) is 10.7. The van der Waals surface area contributed by atoms with E-state index in [2.05, 4.69) is 0 Å². The quantitative estimate of drug-likeness (QED) is 0.253. The number of ether oxygens (including phenoxy) is 1. The fourth-order valence-corrected chi connectivity index (χ4v) is 2.17. The number of benzene rings is 2. The van der Waals surface area contributed by atoms with Crippen molar-refractivity contribution < 1.29 is 19.2 Å². The summed E-state index contributed by atoms with van der Waals surface area (Å²) in [6.45, 7) is 1.33. The van der Waals surface area contributed by atoms with Crippen molar-refractivity contribution in [1.82, 2.24) is 0 Å². The highest BCUT2D eigenvalue weighted by Gasteiger charge is 2.10. The number of carbonyl (C=O) groups excluding carboxylic acids is 2. The zero-order valence-corrected chi connectivity index (χ0v) is 13.7. The molecular weight excluding hydrogens is 322 g/mol. The van der Waals surface area contributed by atoms with Crippen LogP contribution in [-0.4, -0.2) is 23.3 Å². The molecule has 0 radical (unpaired) electrons.